The van der Waals surface area contributed by atoms with E-state index in [1.165, 1.54) is 36.9 Å². The molecule has 1 heterocycles. The number of aliphatic imine (C=N–C) groups is 1. The topological polar surface area (TPSA) is 53.6 Å². The second kappa shape index (κ2) is 11.7. The molecule has 0 aromatic heterocycles. The summed E-state index contributed by atoms with van der Waals surface area (Å²) in [5.41, 5.74) is 8.61. The Bertz CT molecular complexity index is 504. The summed E-state index contributed by atoms with van der Waals surface area (Å²) in [6.07, 6.45) is 6.29. The average Bonchev–Trinajstić information content (AvgIpc) is 2.56. The van der Waals surface area contributed by atoms with Gasteiger partial charge in [0, 0.05) is 19.1 Å². The number of guanidine groups is 1. The Kier molecular flexibility index (Phi) is 10.3. The van der Waals surface area contributed by atoms with Crippen molar-refractivity contribution < 1.29 is 0 Å². The van der Waals surface area contributed by atoms with Crippen LogP contribution < -0.4 is 11.1 Å². The third-order valence-corrected chi connectivity index (χ3v) is 4.69. The fraction of sp³-hybridized carbons (Fsp3) is 0.632. The first-order chi connectivity index (χ1) is 11.2. The molecule has 1 fully saturated rings. The van der Waals surface area contributed by atoms with Gasteiger partial charge in [-0.25, -0.2) is 4.99 Å². The number of hydrogen-bond donors (Lipinski definition) is 2. The van der Waals surface area contributed by atoms with Crippen molar-refractivity contribution >= 4 is 29.9 Å². The standard InChI is InChI=1S/C19H32N4.HI/c1-3-4-12-21-19(20)22-14-17-10-5-6-11-18(17)15-23-13-8-7-9-16(23)2;/h5-6,10-11,16H,3-4,7-9,12-15H2,1-2H3,(H3,20,21,22);1H. The fourth-order valence-corrected chi connectivity index (χ4v) is 3.10. The Balaban J connectivity index is 0.00000288. The number of hydrogen-bond acceptors (Lipinski definition) is 2. The first-order valence-electron chi connectivity index (χ1n) is 9.05. The van der Waals surface area contributed by atoms with Gasteiger partial charge in [-0.15, -0.1) is 24.0 Å². The van der Waals surface area contributed by atoms with Gasteiger partial charge in [0.25, 0.3) is 0 Å². The molecule has 1 aliphatic heterocycles. The quantitative estimate of drug-likeness (QED) is 0.291. The van der Waals surface area contributed by atoms with Crippen LogP contribution in [0.25, 0.3) is 0 Å². The van der Waals surface area contributed by atoms with Crippen molar-refractivity contribution in [3.05, 3.63) is 35.4 Å². The summed E-state index contributed by atoms with van der Waals surface area (Å²) < 4.78 is 0. The van der Waals surface area contributed by atoms with Crippen molar-refractivity contribution in [3.8, 4) is 0 Å². The number of halogens is 1. The molecule has 2 rings (SSSR count). The van der Waals surface area contributed by atoms with Gasteiger partial charge in [0.05, 0.1) is 6.54 Å². The van der Waals surface area contributed by atoms with Crippen LogP contribution in [0.15, 0.2) is 29.3 Å². The molecule has 0 amide bonds. The van der Waals surface area contributed by atoms with Gasteiger partial charge in [0.15, 0.2) is 5.96 Å². The van der Waals surface area contributed by atoms with Crippen molar-refractivity contribution in [2.45, 2.75) is 65.1 Å². The summed E-state index contributed by atoms with van der Waals surface area (Å²) in [6.45, 7) is 8.31. The summed E-state index contributed by atoms with van der Waals surface area (Å²) in [4.78, 5) is 7.10. The molecule has 1 aliphatic rings. The molecule has 0 aliphatic carbocycles. The molecule has 1 aromatic carbocycles. The van der Waals surface area contributed by atoms with E-state index in [0.29, 0.717) is 18.5 Å². The Morgan fingerprint density at radius 1 is 1.29 bits per heavy atom. The van der Waals surface area contributed by atoms with Crippen LogP contribution in [0.5, 0.6) is 0 Å². The van der Waals surface area contributed by atoms with Gasteiger partial charge in [-0.2, -0.15) is 0 Å². The molecule has 1 unspecified atom stereocenters. The Morgan fingerprint density at radius 2 is 2.04 bits per heavy atom. The molecule has 24 heavy (non-hydrogen) atoms. The van der Waals surface area contributed by atoms with Crippen molar-refractivity contribution in [1.82, 2.24) is 10.2 Å². The van der Waals surface area contributed by atoms with Crippen LogP contribution in [-0.4, -0.2) is 30.0 Å². The van der Waals surface area contributed by atoms with E-state index in [9.17, 15) is 0 Å². The molecular formula is C19H33IN4. The predicted octanol–water partition coefficient (Wildman–Crippen LogP) is 3.88. The summed E-state index contributed by atoms with van der Waals surface area (Å²) >= 11 is 0. The zero-order valence-corrected chi connectivity index (χ0v) is 17.5. The van der Waals surface area contributed by atoms with Crippen LogP contribution in [0.1, 0.15) is 57.1 Å². The highest BCUT2D eigenvalue weighted by Crippen LogP contribution is 2.21. The Hall–Kier alpha value is -0.820. The highest BCUT2D eigenvalue weighted by atomic mass is 127. The molecular weight excluding hydrogens is 411 g/mol. The Morgan fingerprint density at radius 3 is 2.75 bits per heavy atom. The van der Waals surface area contributed by atoms with Gasteiger partial charge < -0.3 is 11.1 Å². The number of nitrogens with zero attached hydrogens (tertiary/aromatic N) is 2. The molecule has 3 N–H and O–H groups in total. The number of likely N-dealkylation sites (tertiary alicyclic amines) is 1. The average molecular weight is 444 g/mol. The lowest BCUT2D eigenvalue weighted by atomic mass is 10.0. The van der Waals surface area contributed by atoms with Crippen molar-refractivity contribution in [2.24, 2.45) is 10.7 Å². The van der Waals surface area contributed by atoms with E-state index in [4.69, 9.17) is 5.73 Å². The molecule has 0 bridgehead atoms. The van der Waals surface area contributed by atoms with E-state index in [-0.39, 0.29) is 24.0 Å². The maximum atomic E-state index is 5.95. The number of nitrogens with one attached hydrogen (secondary N) is 1. The van der Waals surface area contributed by atoms with E-state index < -0.39 is 0 Å². The monoisotopic (exact) mass is 444 g/mol. The molecule has 1 saturated heterocycles. The number of rotatable bonds is 7. The van der Waals surface area contributed by atoms with Crippen LogP contribution in [0.3, 0.4) is 0 Å². The lowest BCUT2D eigenvalue weighted by Crippen LogP contribution is -2.37. The lowest BCUT2D eigenvalue weighted by Gasteiger charge is -2.33. The van der Waals surface area contributed by atoms with Gasteiger partial charge in [-0.1, -0.05) is 44.0 Å². The maximum Gasteiger partial charge on any atom is 0.188 e. The number of piperidine rings is 1. The summed E-state index contributed by atoms with van der Waals surface area (Å²) in [5, 5.41) is 3.18. The summed E-state index contributed by atoms with van der Waals surface area (Å²) in [5.74, 6) is 0.555. The van der Waals surface area contributed by atoms with Crippen molar-refractivity contribution in [3.63, 3.8) is 0 Å². The second-order valence-corrected chi connectivity index (χ2v) is 6.57. The van der Waals surface area contributed by atoms with E-state index in [2.05, 4.69) is 53.3 Å². The smallest absolute Gasteiger partial charge is 0.188 e. The molecule has 136 valence electrons. The number of unbranched alkanes of at least 4 members (excludes halogenated alkanes) is 1. The first-order valence-corrected chi connectivity index (χ1v) is 9.05. The third kappa shape index (κ3) is 6.97. The van der Waals surface area contributed by atoms with Gasteiger partial charge in [0.2, 0.25) is 0 Å². The van der Waals surface area contributed by atoms with Crippen LogP contribution in [0.4, 0.5) is 0 Å². The maximum absolute atomic E-state index is 5.95. The highest BCUT2D eigenvalue weighted by molar-refractivity contribution is 14.0. The molecule has 0 spiro atoms. The molecule has 1 aromatic rings. The lowest BCUT2D eigenvalue weighted by molar-refractivity contribution is 0.152. The predicted molar refractivity (Wildman–Crippen MR) is 114 cm³/mol. The van der Waals surface area contributed by atoms with Crippen LogP contribution in [0.2, 0.25) is 0 Å². The summed E-state index contributed by atoms with van der Waals surface area (Å²) in [7, 11) is 0. The van der Waals surface area contributed by atoms with E-state index in [1.54, 1.807) is 0 Å². The van der Waals surface area contributed by atoms with Crippen LogP contribution in [0, 0.1) is 0 Å². The molecule has 4 nitrogen and oxygen atoms in total. The minimum atomic E-state index is 0. The SMILES string of the molecule is CCCCNC(N)=NCc1ccccc1CN1CCCCC1C.I. The summed E-state index contributed by atoms with van der Waals surface area (Å²) in [6, 6.07) is 9.30. The highest BCUT2D eigenvalue weighted by Gasteiger charge is 2.18. The normalized spacial score (nSPS) is 18.9. The van der Waals surface area contributed by atoms with Gasteiger partial charge >= 0.3 is 0 Å². The minimum absolute atomic E-state index is 0. The first kappa shape index (κ1) is 21.2. The van der Waals surface area contributed by atoms with Gasteiger partial charge in [-0.3, -0.25) is 4.90 Å². The zero-order valence-electron chi connectivity index (χ0n) is 15.1. The van der Waals surface area contributed by atoms with Crippen molar-refractivity contribution in [1.29, 1.82) is 0 Å². The largest absolute Gasteiger partial charge is 0.370 e. The molecule has 0 radical (unpaired) electrons. The van der Waals surface area contributed by atoms with Crippen molar-refractivity contribution in [2.75, 3.05) is 13.1 Å². The van der Waals surface area contributed by atoms with E-state index in [1.807, 2.05) is 0 Å². The van der Waals surface area contributed by atoms with Crippen LogP contribution in [-0.2, 0) is 13.1 Å². The van der Waals surface area contributed by atoms with Crippen LogP contribution >= 0.6 is 24.0 Å². The number of nitrogens with two attached hydrogens (primary N) is 1. The fourth-order valence-electron chi connectivity index (χ4n) is 3.10. The second-order valence-electron chi connectivity index (χ2n) is 6.57. The van der Waals surface area contributed by atoms with Gasteiger partial charge in [0.1, 0.15) is 0 Å². The molecule has 0 saturated carbocycles. The van der Waals surface area contributed by atoms with E-state index >= 15 is 0 Å². The van der Waals surface area contributed by atoms with E-state index in [0.717, 1.165) is 25.9 Å². The molecule has 5 heteroatoms. The minimum Gasteiger partial charge on any atom is -0.370 e. The molecule has 1 atom stereocenters. The zero-order chi connectivity index (χ0) is 16.5. The third-order valence-electron chi connectivity index (χ3n) is 4.69. The number of benzene rings is 1. The van der Waals surface area contributed by atoms with Gasteiger partial charge in [-0.05, 0) is 43.9 Å². The Labute approximate surface area is 164 Å².